The van der Waals surface area contributed by atoms with E-state index in [0.717, 1.165) is 25.1 Å². The quantitative estimate of drug-likeness (QED) is 0.693. The average Bonchev–Trinajstić information content (AvgIpc) is 2.32. The van der Waals surface area contributed by atoms with Gasteiger partial charge in [0.2, 0.25) is 0 Å². The number of ether oxygens (including phenoxy) is 1. The first-order chi connectivity index (χ1) is 8.16. The Balaban J connectivity index is 2.10. The summed E-state index contributed by atoms with van der Waals surface area (Å²) in [5.74, 6) is -1.01. The van der Waals surface area contributed by atoms with Crippen LogP contribution in [0, 0.1) is 0 Å². The summed E-state index contributed by atoms with van der Waals surface area (Å²) in [6.45, 7) is 1.47. The van der Waals surface area contributed by atoms with Gasteiger partial charge in [-0.25, -0.2) is 4.79 Å². The van der Waals surface area contributed by atoms with Crippen molar-refractivity contribution in [1.29, 1.82) is 0 Å². The van der Waals surface area contributed by atoms with Gasteiger partial charge in [0, 0.05) is 24.0 Å². The number of nitrogens with one attached hydrogen (secondary N) is 1. The molecule has 1 aromatic carbocycles. The third kappa shape index (κ3) is 2.88. The number of benzene rings is 1. The highest BCUT2D eigenvalue weighted by Crippen LogP contribution is 2.20. The van der Waals surface area contributed by atoms with E-state index in [2.05, 4.69) is 5.32 Å². The van der Waals surface area contributed by atoms with Gasteiger partial charge in [-0.1, -0.05) is 0 Å². The highest BCUT2D eigenvalue weighted by molar-refractivity contribution is 5.94. The van der Waals surface area contributed by atoms with Gasteiger partial charge in [0.25, 0.3) is 0 Å². The van der Waals surface area contributed by atoms with E-state index in [1.807, 2.05) is 0 Å². The number of nitrogens with two attached hydrogens (primary N) is 1. The maximum absolute atomic E-state index is 10.9. The number of hydrogen-bond donors (Lipinski definition) is 3. The molecule has 1 aromatic rings. The van der Waals surface area contributed by atoms with Gasteiger partial charge in [0.1, 0.15) is 0 Å². The molecule has 5 heteroatoms. The second-order valence-electron chi connectivity index (χ2n) is 4.17. The minimum Gasteiger partial charge on any atom is -0.478 e. The van der Waals surface area contributed by atoms with Crippen LogP contribution in [0.4, 0.5) is 11.4 Å². The molecule has 1 heterocycles. The summed E-state index contributed by atoms with van der Waals surface area (Å²) in [5, 5.41) is 12.2. The molecule has 0 aliphatic carbocycles. The molecule has 4 N–H and O–H groups in total. The van der Waals surface area contributed by atoms with Crippen LogP contribution in [-0.4, -0.2) is 30.3 Å². The lowest BCUT2D eigenvalue weighted by Gasteiger charge is -2.24. The van der Waals surface area contributed by atoms with Crippen LogP contribution in [-0.2, 0) is 4.74 Å². The van der Waals surface area contributed by atoms with Crippen molar-refractivity contribution in [1.82, 2.24) is 0 Å². The topological polar surface area (TPSA) is 84.6 Å². The monoisotopic (exact) mass is 236 g/mol. The molecular weight excluding hydrogens is 220 g/mol. The van der Waals surface area contributed by atoms with Gasteiger partial charge < -0.3 is 20.9 Å². The average molecular weight is 236 g/mol. The Morgan fingerprint density at radius 2 is 2.35 bits per heavy atom. The fourth-order valence-corrected chi connectivity index (χ4v) is 1.92. The van der Waals surface area contributed by atoms with Crippen LogP contribution in [0.1, 0.15) is 23.2 Å². The molecule has 0 spiro atoms. The molecule has 5 nitrogen and oxygen atoms in total. The first-order valence-electron chi connectivity index (χ1n) is 5.64. The van der Waals surface area contributed by atoms with Gasteiger partial charge >= 0.3 is 5.97 Å². The standard InChI is InChI=1S/C12H16N2O3/c13-11-4-3-8(6-10(11)12(15)16)14-9-2-1-5-17-7-9/h3-4,6,9,14H,1-2,5,7,13H2,(H,15,16). The second-order valence-corrected chi connectivity index (χ2v) is 4.17. The molecular formula is C12H16N2O3. The second kappa shape index (κ2) is 5.05. The van der Waals surface area contributed by atoms with E-state index in [-0.39, 0.29) is 17.3 Å². The predicted octanol–water partition coefficient (Wildman–Crippen LogP) is 1.56. The molecule has 0 saturated carbocycles. The molecule has 0 aromatic heterocycles. The first-order valence-corrected chi connectivity index (χ1v) is 5.64. The van der Waals surface area contributed by atoms with E-state index in [1.54, 1.807) is 18.2 Å². The molecule has 0 bridgehead atoms. The summed E-state index contributed by atoms with van der Waals surface area (Å²) >= 11 is 0. The molecule has 1 aliphatic heterocycles. The predicted molar refractivity (Wildman–Crippen MR) is 65.3 cm³/mol. The Morgan fingerprint density at radius 3 is 3.00 bits per heavy atom. The third-order valence-corrected chi connectivity index (χ3v) is 2.81. The van der Waals surface area contributed by atoms with E-state index in [0.29, 0.717) is 6.61 Å². The van der Waals surface area contributed by atoms with E-state index in [9.17, 15) is 4.79 Å². The highest BCUT2D eigenvalue weighted by atomic mass is 16.5. The molecule has 0 amide bonds. The van der Waals surface area contributed by atoms with Gasteiger partial charge in [-0.3, -0.25) is 0 Å². The molecule has 17 heavy (non-hydrogen) atoms. The molecule has 92 valence electrons. The zero-order valence-electron chi connectivity index (χ0n) is 9.48. The number of rotatable bonds is 3. The normalized spacial score (nSPS) is 19.9. The van der Waals surface area contributed by atoms with Gasteiger partial charge in [0.05, 0.1) is 12.2 Å². The number of anilines is 2. The van der Waals surface area contributed by atoms with Crippen molar-refractivity contribution in [3.05, 3.63) is 23.8 Å². The van der Waals surface area contributed by atoms with Crippen molar-refractivity contribution in [2.24, 2.45) is 0 Å². The zero-order chi connectivity index (χ0) is 12.3. The van der Waals surface area contributed by atoms with E-state index in [4.69, 9.17) is 15.6 Å². The molecule has 1 atom stereocenters. The number of aromatic carboxylic acids is 1. The minimum absolute atomic E-state index is 0.131. The number of hydrogen-bond acceptors (Lipinski definition) is 4. The van der Waals surface area contributed by atoms with Crippen molar-refractivity contribution in [3.63, 3.8) is 0 Å². The van der Waals surface area contributed by atoms with Crippen LogP contribution in [0.15, 0.2) is 18.2 Å². The largest absolute Gasteiger partial charge is 0.478 e. The number of nitrogen functional groups attached to an aromatic ring is 1. The van der Waals surface area contributed by atoms with E-state index < -0.39 is 5.97 Å². The smallest absolute Gasteiger partial charge is 0.337 e. The zero-order valence-corrected chi connectivity index (χ0v) is 9.48. The van der Waals surface area contributed by atoms with Crippen LogP contribution in [0.2, 0.25) is 0 Å². The molecule has 1 aliphatic rings. The van der Waals surface area contributed by atoms with Crippen LogP contribution in [0.5, 0.6) is 0 Å². The van der Waals surface area contributed by atoms with Crippen molar-refractivity contribution in [2.45, 2.75) is 18.9 Å². The Bertz CT molecular complexity index is 414. The van der Waals surface area contributed by atoms with Crippen molar-refractivity contribution < 1.29 is 14.6 Å². The van der Waals surface area contributed by atoms with Gasteiger partial charge in [-0.15, -0.1) is 0 Å². The van der Waals surface area contributed by atoms with E-state index >= 15 is 0 Å². The lowest BCUT2D eigenvalue weighted by molar-refractivity contribution is 0.0698. The van der Waals surface area contributed by atoms with Crippen LogP contribution in [0.25, 0.3) is 0 Å². The van der Waals surface area contributed by atoms with Gasteiger partial charge in [0.15, 0.2) is 0 Å². The SMILES string of the molecule is Nc1ccc(NC2CCCOC2)cc1C(=O)O. The van der Waals surface area contributed by atoms with E-state index in [1.165, 1.54) is 0 Å². The van der Waals surface area contributed by atoms with Crippen LogP contribution >= 0.6 is 0 Å². The molecule has 2 rings (SSSR count). The maximum atomic E-state index is 10.9. The van der Waals surface area contributed by atoms with Crippen LogP contribution < -0.4 is 11.1 Å². The number of carboxylic acid groups (broad SMARTS) is 1. The summed E-state index contributed by atoms with van der Waals surface area (Å²) in [6.07, 6.45) is 2.06. The van der Waals surface area contributed by atoms with Crippen molar-refractivity contribution in [3.8, 4) is 0 Å². The summed E-state index contributed by atoms with van der Waals surface area (Å²) < 4.78 is 5.35. The van der Waals surface area contributed by atoms with Crippen molar-refractivity contribution in [2.75, 3.05) is 24.3 Å². The summed E-state index contributed by atoms with van der Waals surface area (Å²) in [5.41, 5.74) is 6.77. The first kappa shape index (κ1) is 11.7. The Hall–Kier alpha value is -1.75. The fraction of sp³-hybridized carbons (Fsp3) is 0.417. The Labute approximate surface area is 99.6 Å². The Kier molecular flexibility index (Phi) is 3.49. The summed E-state index contributed by atoms with van der Waals surface area (Å²) in [4.78, 5) is 10.9. The highest BCUT2D eigenvalue weighted by Gasteiger charge is 2.15. The molecule has 1 unspecified atom stereocenters. The molecule has 1 saturated heterocycles. The van der Waals surface area contributed by atoms with Crippen molar-refractivity contribution >= 4 is 17.3 Å². The lowest BCUT2D eigenvalue weighted by atomic mass is 10.1. The summed E-state index contributed by atoms with van der Waals surface area (Å²) in [7, 11) is 0. The number of carboxylic acids is 1. The van der Waals surface area contributed by atoms with Crippen LogP contribution in [0.3, 0.4) is 0 Å². The fourth-order valence-electron chi connectivity index (χ4n) is 1.92. The van der Waals surface area contributed by atoms with Gasteiger partial charge in [-0.2, -0.15) is 0 Å². The third-order valence-electron chi connectivity index (χ3n) is 2.81. The lowest BCUT2D eigenvalue weighted by Crippen LogP contribution is -2.30. The molecule has 0 radical (unpaired) electrons. The number of carbonyl (C=O) groups is 1. The summed E-state index contributed by atoms with van der Waals surface area (Å²) in [6, 6.07) is 5.20. The minimum atomic E-state index is -1.01. The maximum Gasteiger partial charge on any atom is 0.337 e. The molecule has 1 fully saturated rings. The Morgan fingerprint density at radius 1 is 1.53 bits per heavy atom. The van der Waals surface area contributed by atoms with Gasteiger partial charge in [-0.05, 0) is 31.0 Å².